The first kappa shape index (κ1) is 112. The largest absolute Gasteiger partial charge is 0.498 e. The average Bonchev–Trinajstić information content (AvgIpc) is 1.63. The number of nitrogens with zero attached hydrogens (tertiary/aromatic N) is 11. The highest BCUT2D eigenvalue weighted by Crippen LogP contribution is 2.40. The van der Waals surface area contributed by atoms with Crippen LogP contribution in [0, 0.1) is 11.8 Å². The van der Waals surface area contributed by atoms with Crippen molar-refractivity contribution in [1.29, 1.82) is 0 Å². The molecular weight excluding hydrogens is 2060 g/mol. The molecule has 0 bridgehead atoms. The third-order valence-corrected chi connectivity index (χ3v) is 30.6. The van der Waals surface area contributed by atoms with E-state index in [1.54, 1.807) is 137 Å². The lowest BCUT2D eigenvalue weighted by molar-refractivity contribution is -0.145. The normalized spacial score (nSPS) is 12.6. The Morgan fingerprint density at radius 1 is 0.481 bits per heavy atom. The summed E-state index contributed by atoms with van der Waals surface area (Å²) in [6.45, 7) is 22.4. The Morgan fingerprint density at radius 3 is 1.28 bits per heavy atom. The van der Waals surface area contributed by atoms with Crippen LogP contribution in [0.4, 0.5) is 0 Å². The van der Waals surface area contributed by atoms with Crippen molar-refractivity contribution in [1.82, 2.24) is 54.1 Å². The summed E-state index contributed by atoms with van der Waals surface area (Å²) in [5.41, 5.74) is 11.7. The summed E-state index contributed by atoms with van der Waals surface area (Å²) in [5.74, 6) is 5.93. The minimum absolute atomic E-state index is 0. The number of methoxy groups -OCH3 is 5. The molecule has 0 radical (unpaired) electrons. The number of benzene rings is 5. The number of halogens is 4. The maximum Gasteiger partial charge on any atom is 0.498 e. The molecule has 2 unspecified atom stereocenters. The number of unbranched alkanes of at least 4 members (excludes halogenated alkanes) is 2. The van der Waals surface area contributed by atoms with Crippen LogP contribution in [-0.2, 0) is 85.8 Å². The van der Waals surface area contributed by atoms with E-state index in [9.17, 15) is 18.0 Å². The van der Waals surface area contributed by atoms with Crippen LogP contribution in [0.3, 0.4) is 0 Å². The monoisotopic (exact) mass is 2180 g/mol. The topological polar surface area (TPSA) is 287 Å². The summed E-state index contributed by atoms with van der Waals surface area (Å²) in [4.78, 5) is 39.9. The molecule has 12 aromatic rings. The highest BCUT2D eigenvalue weighted by molar-refractivity contribution is 9.11. The zero-order chi connectivity index (χ0) is 95.1. The van der Waals surface area contributed by atoms with Crippen molar-refractivity contribution in [3.63, 3.8) is 0 Å². The van der Waals surface area contributed by atoms with Crippen LogP contribution in [0.1, 0.15) is 156 Å². The lowest BCUT2D eigenvalue weighted by Gasteiger charge is -2.32. The van der Waals surface area contributed by atoms with Gasteiger partial charge in [-0.3, -0.25) is 28.3 Å². The Labute approximate surface area is 833 Å². The van der Waals surface area contributed by atoms with Crippen molar-refractivity contribution in [3.8, 4) is 62.1 Å². The summed E-state index contributed by atoms with van der Waals surface area (Å²) >= 11 is 23.0. The van der Waals surface area contributed by atoms with Crippen LogP contribution >= 0.6 is 133 Å². The lowest BCUT2D eigenvalue weighted by Crippen LogP contribution is -2.41. The van der Waals surface area contributed by atoms with E-state index in [0.717, 1.165) is 143 Å². The fourth-order valence-corrected chi connectivity index (χ4v) is 21.6. The van der Waals surface area contributed by atoms with Crippen LogP contribution in [-0.4, -0.2) is 153 Å². The molecule has 0 amide bonds. The summed E-state index contributed by atoms with van der Waals surface area (Å²) in [7, 11) is 11.7. The zero-order valence-electron chi connectivity index (χ0n) is 77.4. The second-order valence-corrected chi connectivity index (χ2v) is 44.0. The van der Waals surface area contributed by atoms with Gasteiger partial charge in [-0.15, -0.1) is 57.5 Å². The van der Waals surface area contributed by atoms with Gasteiger partial charge in [-0.05, 0) is 189 Å². The van der Waals surface area contributed by atoms with E-state index >= 15 is 0 Å². The van der Waals surface area contributed by atoms with Gasteiger partial charge >= 0.3 is 19.1 Å². The van der Waals surface area contributed by atoms with Gasteiger partial charge < -0.3 is 48.2 Å². The number of nitrogens with two attached hydrogens (primary N) is 1. The van der Waals surface area contributed by atoms with Crippen molar-refractivity contribution in [3.05, 3.63) is 191 Å². The van der Waals surface area contributed by atoms with Crippen molar-refractivity contribution >= 4 is 167 Å². The minimum atomic E-state index is -3.69. The molecule has 1 aliphatic rings. The molecule has 1 saturated heterocycles. The molecule has 131 heavy (non-hydrogen) atoms. The Hall–Kier alpha value is -7.37. The van der Waals surface area contributed by atoms with Crippen LogP contribution in [0.2, 0.25) is 0 Å². The molecule has 5 aromatic carbocycles. The van der Waals surface area contributed by atoms with Crippen molar-refractivity contribution < 1.29 is 60.5 Å². The second kappa shape index (κ2) is 57.5. The van der Waals surface area contributed by atoms with Gasteiger partial charge in [0, 0.05) is 127 Å². The van der Waals surface area contributed by atoms with Gasteiger partial charge in [-0.2, -0.15) is 20.4 Å². The van der Waals surface area contributed by atoms with Crippen LogP contribution < -0.4 is 34.9 Å². The molecule has 37 heteroatoms. The van der Waals surface area contributed by atoms with E-state index in [1.807, 2.05) is 153 Å². The van der Waals surface area contributed by atoms with Crippen molar-refractivity contribution in [2.75, 3.05) is 60.3 Å². The number of sulfone groups is 1. The van der Waals surface area contributed by atoms with E-state index in [-0.39, 0.29) is 53.3 Å². The molecular formula is C94H125BBr4N12O13S7. The summed E-state index contributed by atoms with van der Waals surface area (Å²) in [5, 5.41) is 19.6. The number of aryl methyl sites for hydroxylation is 6. The van der Waals surface area contributed by atoms with Gasteiger partial charge in [-0.1, -0.05) is 147 Å². The number of carbonyl (C=O) groups is 2. The van der Waals surface area contributed by atoms with E-state index in [2.05, 4.69) is 159 Å². The molecule has 0 saturated carbocycles. The number of hydrogen-bond acceptors (Lipinski definition) is 27. The Bertz CT molecular complexity index is 5530. The quantitative estimate of drug-likeness (QED) is 0.0217. The van der Waals surface area contributed by atoms with Gasteiger partial charge in [0.05, 0.1) is 133 Å². The third kappa shape index (κ3) is 38.0. The molecule has 2 N–H and O–H groups in total. The van der Waals surface area contributed by atoms with E-state index in [1.165, 1.54) is 54.3 Å². The number of thiazole rings is 3. The minimum Gasteiger partial charge on any atom is -0.497 e. The maximum atomic E-state index is 12.9. The van der Waals surface area contributed by atoms with Gasteiger partial charge in [0.1, 0.15) is 38.0 Å². The number of hydrogen-bond donors (Lipinski definition) is 1. The Kier molecular flexibility index (Phi) is 49.3. The van der Waals surface area contributed by atoms with Gasteiger partial charge in [-0.25, -0.2) is 23.4 Å². The zero-order valence-corrected chi connectivity index (χ0v) is 89.5. The number of esters is 2. The predicted octanol–water partition coefficient (Wildman–Crippen LogP) is 24.2. The summed E-state index contributed by atoms with van der Waals surface area (Å²) in [6, 6.07) is 28.9. The maximum absolute atomic E-state index is 12.9. The van der Waals surface area contributed by atoms with Crippen LogP contribution in [0.5, 0.6) is 28.7 Å². The number of thioether (sulfide) groups is 2. The first-order valence-electron chi connectivity index (χ1n) is 42.5. The SMILES string of the molecule is C.CCCCC(CC)COC(=O)CCSc1cc(Br)cc(OC)c1.CCCCC(CC)COC(=O)CCSc1cc(OC)cc(-c2cnn(C)c2)c1.CCc1ncc(Br)s1.CCc1ncc(Sc2cc(OC)cc(-c3cnn(C)c3)c2)s1.COc1cc(-c2cnn(C)c2)cc(S(=O)(=O)c2cnc(CN)s2)c1.COc1cc(Br)cc(Br)c1.Cn1cc(B2OC(C)(C)C(C)(C)O2)cn1. The predicted molar refractivity (Wildman–Crippen MR) is 550 cm³/mol. The molecule has 2 atom stereocenters. The summed E-state index contributed by atoms with van der Waals surface area (Å²) in [6.07, 6.45) is 32.0. The fraction of sp³-hybridized carbons (Fsp3) is 0.436. The molecule has 712 valence electrons. The van der Waals surface area contributed by atoms with E-state index in [0.29, 0.717) is 65.7 Å². The molecule has 0 spiro atoms. The molecule has 25 nitrogen and oxygen atoms in total. The summed E-state index contributed by atoms with van der Waals surface area (Å²) < 4.78 is 87.3. The molecule has 1 aliphatic heterocycles. The highest BCUT2D eigenvalue weighted by Gasteiger charge is 2.52. The molecule has 0 aliphatic carbocycles. The Balaban J connectivity index is 0.000000242. The number of ether oxygens (including phenoxy) is 7. The van der Waals surface area contributed by atoms with E-state index < -0.39 is 9.84 Å². The smallest absolute Gasteiger partial charge is 0.497 e. The fourth-order valence-electron chi connectivity index (χ4n) is 12.1. The van der Waals surface area contributed by atoms with Crippen LogP contribution in [0.15, 0.2) is 204 Å². The van der Waals surface area contributed by atoms with Gasteiger partial charge in [0.2, 0.25) is 9.84 Å². The molecule has 7 aromatic heterocycles. The van der Waals surface area contributed by atoms with Crippen molar-refractivity contribution in [2.24, 2.45) is 45.8 Å². The van der Waals surface area contributed by atoms with Gasteiger partial charge in [0.15, 0.2) is 0 Å². The van der Waals surface area contributed by atoms with E-state index in [4.69, 9.17) is 48.2 Å². The molecule has 13 rings (SSSR count). The number of aromatic nitrogens is 11. The molecule has 1 fully saturated rings. The lowest BCUT2D eigenvalue weighted by atomic mass is 9.82. The Morgan fingerprint density at radius 2 is 0.885 bits per heavy atom. The van der Waals surface area contributed by atoms with Crippen molar-refractivity contribution in [2.45, 2.75) is 199 Å². The number of carbonyl (C=O) groups excluding carboxylic acids is 2. The third-order valence-electron chi connectivity index (χ3n) is 20.2. The standard InChI is InChI=1S/C22H32N2O3S.C18H27BrO3S.C16H17N3OS2.C15H16N4O3S2.C10H17BN2O2.C7H6Br2O.C5H6BrNS.CH4/c1-5-7-8-17(6-2)16-27-22(25)9-10-28-21-12-18(11-20(13-21)26-4)19-14-23-24(3)15-19;1-4-6-7-14(5-2)13-22-18(20)8-9-23-17-11-15(19)10-16(12-17)21-3;1-4-15-17-9-16(22-15)21-14-6-11(5-13(7-14)20-3)12-8-18-19(2)10-12;1-19-9-11(7-18-19)10-3-12(22-2)5-13(4-10)24(20,21)15-8-17-14(6-16)23-15;1-9(2)10(3,4)15-11(14-9)8-6-12-13(5)7-8;1-10-7-3-5(8)2-6(9)4-7;1-2-5-7-3-4(6)8-5;/h11-15,17H,5-10,16H2,1-4H3;10-12,14H,4-9,13H2,1-3H3;5-10H,4H2,1-3H3;3-5,7-9H,6,16H2,1-2H3;6-7H,1-5H3;2-4H,1H3;3H,2H2,1H3;1H4. The average molecular weight is 2190 g/mol. The number of rotatable bonds is 36. The highest BCUT2D eigenvalue weighted by atomic mass is 79.9. The first-order valence-corrected chi connectivity index (χ1v) is 52.4. The first-order chi connectivity index (χ1) is 62.1. The van der Waals surface area contributed by atoms with Gasteiger partial charge in [0.25, 0.3) is 0 Å². The molecule has 8 heterocycles. The second-order valence-electron chi connectivity index (χ2n) is 30.7. The van der Waals surface area contributed by atoms with Crippen LogP contribution in [0.25, 0.3) is 33.4 Å².